The third-order valence-electron chi connectivity index (χ3n) is 8.10. The number of rotatable bonds is 3. The smallest absolute Gasteiger partial charge is 0.255 e. The SMILES string of the molecule is Cc1cc(C)cc(/C=C2\c3cccc(O)c3C(O)=C3C(=O)[C@@]4(O)C(O)=C(C(N)=O)C(=O)[C@H](N(C)C)[C@H]4[C@H](O)[C@H]32)c1. The zero-order chi connectivity index (χ0) is 29.4. The first-order valence-electron chi connectivity index (χ1n) is 12.7. The molecule has 208 valence electrons. The fraction of sp³-hybridized carbons (Fsp3) is 0.300. The van der Waals surface area contributed by atoms with Crippen LogP contribution in [0.5, 0.6) is 5.75 Å². The molecule has 10 nitrogen and oxygen atoms in total. The first kappa shape index (κ1) is 27.3. The molecule has 0 aromatic heterocycles. The molecule has 0 unspecified atom stereocenters. The molecule has 5 atom stereocenters. The monoisotopic (exact) mass is 546 g/mol. The highest BCUT2D eigenvalue weighted by atomic mass is 16.4. The molecule has 0 spiro atoms. The largest absolute Gasteiger partial charge is 0.508 e. The van der Waals surface area contributed by atoms with Crippen molar-refractivity contribution < 1.29 is 39.9 Å². The molecule has 1 saturated carbocycles. The third kappa shape index (κ3) is 3.64. The number of aryl methyl sites for hydroxylation is 2. The van der Waals surface area contributed by atoms with E-state index in [0.717, 1.165) is 11.1 Å². The molecule has 2 aromatic rings. The molecule has 40 heavy (non-hydrogen) atoms. The lowest BCUT2D eigenvalue weighted by Gasteiger charge is -2.53. The van der Waals surface area contributed by atoms with E-state index < -0.39 is 69.7 Å². The van der Waals surface area contributed by atoms with Crippen molar-refractivity contribution in [3.8, 4) is 5.75 Å². The number of aliphatic hydroxyl groups is 4. The number of carbonyl (C=O) groups is 3. The second kappa shape index (κ2) is 9.16. The van der Waals surface area contributed by atoms with E-state index in [1.165, 1.54) is 25.1 Å². The number of fused-ring (bicyclic) bond motifs is 3. The van der Waals surface area contributed by atoms with Gasteiger partial charge in [0.25, 0.3) is 5.91 Å². The molecule has 10 heteroatoms. The number of nitrogens with two attached hydrogens (primary N) is 1. The Bertz CT molecular complexity index is 1580. The third-order valence-corrected chi connectivity index (χ3v) is 8.10. The number of nitrogens with zero attached hydrogens (tertiary/aromatic N) is 1. The number of hydrogen-bond donors (Lipinski definition) is 6. The Morgan fingerprint density at radius 2 is 1.68 bits per heavy atom. The first-order chi connectivity index (χ1) is 18.7. The lowest BCUT2D eigenvalue weighted by Crippen LogP contribution is -2.70. The maximum Gasteiger partial charge on any atom is 0.255 e. The molecule has 3 aliphatic rings. The summed E-state index contributed by atoms with van der Waals surface area (Å²) in [6.45, 7) is 3.82. The van der Waals surface area contributed by atoms with Crippen LogP contribution in [0.15, 0.2) is 53.3 Å². The fourth-order valence-corrected chi connectivity index (χ4v) is 6.58. The van der Waals surface area contributed by atoms with Crippen molar-refractivity contribution in [1.82, 2.24) is 4.90 Å². The maximum atomic E-state index is 14.2. The van der Waals surface area contributed by atoms with Crippen LogP contribution < -0.4 is 5.73 Å². The quantitative estimate of drug-likeness (QED) is 0.311. The summed E-state index contributed by atoms with van der Waals surface area (Å²) in [5.74, 6) is -8.78. The number of aliphatic hydroxyl groups excluding tert-OH is 3. The van der Waals surface area contributed by atoms with Crippen LogP contribution in [0, 0.1) is 25.7 Å². The second-order valence-corrected chi connectivity index (χ2v) is 10.9. The van der Waals surface area contributed by atoms with Crippen molar-refractivity contribution in [2.45, 2.75) is 31.6 Å². The molecule has 5 rings (SSSR count). The molecule has 3 aliphatic carbocycles. The van der Waals surface area contributed by atoms with Crippen LogP contribution in [0.1, 0.15) is 27.8 Å². The van der Waals surface area contributed by atoms with Gasteiger partial charge in [0.1, 0.15) is 22.8 Å². The van der Waals surface area contributed by atoms with Crippen molar-refractivity contribution >= 4 is 34.9 Å². The van der Waals surface area contributed by atoms with E-state index in [1.807, 2.05) is 32.0 Å². The van der Waals surface area contributed by atoms with Crippen molar-refractivity contribution in [3.05, 3.63) is 81.1 Å². The molecule has 0 aliphatic heterocycles. The van der Waals surface area contributed by atoms with Crippen molar-refractivity contribution in [1.29, 1.82) is 0 Å². The molecule has 1 fully saturated rings. The van der Waals surface area contributed by atoms with Crippen molar-refractivity contribution in [3.63, 3.8) is 0 Å². The Hall–Kier alpha value is -4.25. The zero-order valence-corrected chi connectivity index (χ0v) is 22.3. The predicted molar refractivity (Wildman–Crippen MR) is 146 cm³/mol. The van der Waals surface area contributed by atoms with Gasteiger partial charge in [-0.2, -0.15) is 0 Å². The van der Waals surface area contributed by atoms with E-state index in [2.05, 4.69) is 0 Å². The van der Waals surface area contributed by atoms with Crippen LogP contribution in [-0.2, 0) is 14.4 Å². The van der Waals surface area contributed by atoms with E-state index in [4.69, 9.17) is 5.73 Å². The van der Waals surface area contributed by atoms with Crippen LogP contribution in [0.3, 0.4) is 0 Å². The van der Waals surface area contributed by atoms with Crippen LogP contribution in [0.4, 0.5) is 0 Å². The zero-order valence-electron chi connectivity index (χ0n) is 22.3. The van der Waals surface area contributed by atoms with Gasteiger partial charge in [-0.3, -0.25) is 19.3 Å². The van der Waals surface area contributed by atoms with Gasteiger partial charge < -0.3 is 31.3 Å². The summed E-state index contributed by atoms with van der Waals surface area (Å²) in [6.07, 6.45) is -0.00347. The van der Waals surface area contributed by atoms with Gasteiger partial charge in [-0.05, 0) is 50.7 Å². The number of benzene rings is 2. The van der Waals surface area contributed by atoms with Crippen LogP contribution >= 0.6 is 0 Å². The van der Waals surface area contributed by atoms with Gasteiger partial charge in [0.05, 0.1) is 29.2 Å². The minimum atomic E-state index is -2.97. The van der Waals surface area contributed by atoms with Crippen molar-refractivity contribution in [2.75, 3.05) is 14.1 Å². The van der Waals surface area contributed by atoms with Gasteiger partial charge in [0.2, 0.25) is 5.78 Å². The van der Waals surface area contributed by atoms with E-state index in [9.17, 15) is 39.9 Å². The number of primary amides is 1. The average molecular weight is 547 g/mol. The Morgan fingerprint density at radius 1 is 1.05 bits per heavy atom. The number of carbonyl (C=O) groups excluding carboxylic acids is 3. The number of phenolic OH excluding ortho intramolecular Hbond substituents is 1. The molecule has 0 bridgehead atoms. The molecule has 0 saturated heterocycles. The van der Waals surface area contributed by atoms with Crippen molar-refractivity contribution in [2.24, 2.45) is 17.6 Å². The maximum absolute atomic E-state index is 14.2. The summed E-state index contributed by atoms with van der Waals surface area (Å²) in [7, 11) is 2.93. The number of likely N-dealkylation sites (N-methyl/N-ethyl adjacent to an activating group) is 1. The molecule has 0 radical (unpaired) electrons. The number of phenols is 1. The fourth-order valence-electron chi connectivity index (χ4n) is 6.58. The number of aromatic hydroxyl groups is 1. The minimum Gasteiger partial charge on any atom is -0.508 e. The van der Waals surface area contributed by atoms with Gasteiger partial charge in [0.15, 0.2) is 11.4 Å². The van der Waals surface area contributed by atoms with E-state index in [-0.39, 0.29) is 11.3 Å². The summed E-state index contributed by atoms with van der Waals surface area (Å²) in [5, 5.41) is 56.9. The summed E-state index contributed by atoms with van der Waals surface area (Å²) in [6, 6.07) is 8.79. The standard InChI is InChI=1S/C30H30N2O8/c1-12-8-13(2)10-14(9-12)11-16-15-6-5-7-17(33)18(15)24(34)20-19(16)25(35)22-23(32(3)4)26(36)21(29(31)39)28(38)30(22,40)27(20)37/h5-11,19,22-23,25,33-35,38,40H,1-4H3,(H2,31,39)/b16-11+/t19-,22-,23+,25+,30+/m0/s1. The number of Topliss-reactive ketones (excluding diaryl/α,β-unsaturated/α-hetero) is 2. The highest BCUT2D eigenvalue weighted by Gasteiger charge is 2.68. The summed E-state index contributed by atoms with van der Waals surface area (Å²) < 4.78 is 0. The Balaban J connectivity index is 1.87. The molecule has 0 heterocycles. The molecule has 7 N–H and O–H groups in total. The Kier molecular flexibility index (Phi) is 6.25. The highest BCUT2D eigenvalue weighted by molar-refractivity contribution is 6.25. The van der Waals surface area contributed by atoms with Gasteiger partial charge in [-0.15, -0.1) is 0 Å². The summed E-state index contributed by atoms with van der Waals surface area (Å²) >= 11 is 0. The normalized spacial score (nSPS) is 29.0. The summed E-state index contributed by atoms with van der Waals surface area (Å²) in [4.78, 5) is 41.1. The number of amides is 1. The van der Waals surface area contributed by atoms with Gasteiger partial charge in [-0.1, -0.05) is 47.5 Å². The first-order valence-corrected chi connectivity index (χ1v) is 12.7. The van der Waals surface area contributed by atoms with Crippen LogP contribution in [0.2, 0.25) is 0 Å². The molecule has 2 aromatic carbocycles. The van der Waals surface area contributed by atoms with Crippen LogP contribution in [0.25, 0.3) is 17.4 Å². The average Bonchev–Trinajstić information content (AvgIpc) is 2.84. The van der Waals surface area contributed by atoms with Gasteiger partial charge in [-0.25, -0.2) is 0 Å². The molecule has 1 amide bonds. The van der Waals surface area contributed by atoms with E-state index >= 15 is 0 Å². The molecular formula is C30H30N2O8. The van der Waals surface area contributed by atoms with Gasteiger partial charge >= 0.3 is 0 Å². The van der Waals surface area contributed by atoms with E-state index in [0.29, 0.717) is 16.7 Å². The number of ketones is 2. The summed E-state index contributed by atoms with van der Waals surface area (Å²) in [5.41, 5.74) is 4.16. The molecular weight excluding hydrogens is 516 g/mol. The van der Waals surface area contributed by atoms with Gasteiger partial charge in [0, 0.05) is 5.92 Å². The predicted octanol–water partition coefficient (Wildman–Crippen LogP) is 1.55. The lowest BCUT2D eigenvalue weighted by atomic mass is 9.55. The minimum absolute atomic E-state index is 0.0957. The Morgan fingerprint density at radius 3 is 2.25 bits per heavy atom. The Labute approximate surface area is 230 Å². The number of hydrogen-bond acceptors (Lipinski definition) is 9. The van der Waals surface area contributed by atoms with Crippen LogP contribution in [-0.4, -0.2) is 79.7 Å². The lowest BCUT2D eigenvalue weighted by molar-refractivity contribution is -0.166. The highest BCUT2D eigenvalue weighted by Crippen LogP contribution is 2.56. The van der Waals surface area contributed by atoms with E-state index in [1.54, 1.807) is 18.2 Å². The second-order valence-electron chi connectivity index (χ2n) is 10.9. The topological polar surface area (TPSA) is 182 Å².